The number of ether oxygens (including phenoxy) is 4. The smallest absolute Gasteiger partial charge is 0.328 e. The zero-order valence-electron chi connectivity index (χ0n) is 27.4. The summed E-state index contributed by atoms with van der Waals surface area (Å²) in [4.78, 5) is 30.1. The highest BCUT2D eigenvalue weighted by Gasteiger charge is 2.23. The van der Waals surface area contributed by atoms with Crippen molar-refractivity contribution >= 4 is 23.5 Å². The van der Waals surface area contributed by atoms with E-state index in [4.69, 9.17) is 30.5 Å². The molecule has 2 atom stereocenters. The quantitative estimate of drug-likeness (QED) is 0.157. The van der Waals surface area contributed by atoms with Crippen molar-refractivity contribution in [2.75, 3.05) is 32.9 Å². The second kappa shape index (κ2) is 15.8. The number of halogens is 1. The molecule has 0 aliphatic carbocycles. The second-order valence-corrected chi connectivity index (χ2v) is 12.6. The molecule has 1 unspecified atom stereocenters. The predicted molar refractivity (Wildman–Crippen MR) is 184 cm³/mol. The number of fused-ring (bicyclic) bond motifs is 1. The first-order chi connectivity index (χ1) is 24.2. The SMILES string of the molecule is Cc1c(COc2cc(OCc3cncc(C(=O)NC(CO)C(=O)O)c3)c(CN3CC[C@H](O)C3)cc2Cl)cccc1-c1ccc2c(c1)OCCO2. The van der Waals surface area contributed by atoms with Crippen molar-refractivity contribution in [3.05, 3.63) is 99.8 Å². The topological polar surface area (TPSA) is 160 Å². The van der Waals surface area contributed by atoms with E-state index in [-0.39, 0.29) is 18.8 Å². The van der Waals surface area contributed by atoms with E-state index in [9.17, 15) is 24.9 Å². The maximum absolute atomic E-state index is 12.6. The number of pyridine rings is 1. The van der Waals surface area contributed by atoms with Gasteiger partial charge in [-0.3, -0.25) is 14.7 Å². The van der Waals surface area contributed by atoms with E-state index in [1.54, 1.807) is 24.4 Å². The van der Waals surface area contributed by atoms with Crippen molar-refractivity contribution < 1.29 is 43.9 Å². The van der Waals surface area contributed by atoms with Gasteiger partial charge in [0.05, 0.1) is 23.3 Å². The first-order valence-electron chi connectivity index (χ1n) is 16.2. The number of nitrogens with one attached hydrogen (secondary N) is 1. The Balaban J connectivity index is 1.21. The van der Waals surface area contributed by atoms with Crippen LogP contribution < -0.4 is 24.3 Å². The molecule has 50 heavy (non-hydrogen) atoms. The molecule has 0 saturated carbocycles. The van der Waals surface area contributed by atoms with Crippen molar-refractivity contribution in [2.45, 2.75) is 45.2 Å². The molecule has 6 rings (SSSR count). The number of hydrogen-bond acceptors (Lipinski definition) is 10. The predicted octanol–water partition coefficient (Wildman–Crippen LogP) is 4.38. The van der Waals surface area contributed by atoms with Gasteiger partial charge in [0.2, 0.25) is 0 Å². The summed E-state index contributed by atoms with van der Waals surface area (Å²) in [6.07, 6.45) is 3.12. The van der Waals surface area contributed by atoms with E-state index < -0.39 is 30.6 Å². The number of aliphatic hydroxyl groups excluding tert-OH is 2. The maximum atomic E-state index is 12.6. The molecule has 1 fully saturated rings. The Hall–Kier alpha value is -4.88. The average Bonchev–Trinajstić information content (AvgIpc) is 3.53. The van der Waals surface area contributed by atoms with Crippen LogP contribution in [-0.2, 0) is 24.6 Å². The zero-order chi connectivity index (χ0) is 35.2. The van der Waals surface area contributed by atoms with Gasteiger partial charge in [0.15, 0.2) is 17.5 Å². The Morgan fingerprint density at radius 2 is 1.82 bits per heavy atom. The van der Waals surface area contributed by atoms with Crippen LogP contribution >= 0.6 is 11.6 Å². The van der Waals surface area contributed by atoms with Gasteiger partial charge < -0.3 is 39.6 Å². The first-order valence-corrected chi connectivity index (χ1v) is 16.6. The molecule has 12 nitrogen and oxygen atoms in total. The standard InChI is InChI=1S/C37H38ClN3O9/c1-22-25(3-2-4-29(22)24-5-6-32-35(13-24)48-10-9-47-32)21-50-34-14-33(27(12-30(34)38)17-41-8-7-28(43)18-41)49-20-23-11-26(16-39-15-23)36(44)40-31(19-42)37(45)46/h2-6,11-16,28,31,42-43H,7-10,17-21H2,1H3,(H,40,44)(H,45,46)/t28-,31?/m0/s1. The molecule has 3 heterocycles. The van der Waals surface area contributed by atoms with Gasteiger partial charge in [0, 0.05) is 49.2 Å². The van der Waals surface area contributed by atoms with Crippen molar-refractivity contribution in [3.8, 4) is 34.1 Å². The molecule has 2 aliphatic heterocycles. The molecule has 3 aromatic carbocycles. The van der Waals surface area contributed by atoms with E-state index in [0.29, 0.717) is 54.8 Å². The fraction of sp³-hybridized carbons (Fsp3) is 0.324. The second-order valence-electron chi connectivity index (χ2n) is 12.2. The number of aromatic nitrogens is 1. The lowest BCUT2D eigenvalue weighted by Crippen LogP contribution is -2.43. The van der Waals surface area contributed by atoms with Gasteiger partial charge in [0.25, 0.3) is 5.91 Å². The van der Waals surface area contributed by atoms with Crippen LogP contribution in [0.2, 0.25) is 5.02 Å². The lowest BCUT2D eigenvalue weighted by molar-refractivity contribution is -0.140. The highest BCUT2D eigenvalue weighted by molar-refractivity contribution is 6.32. The van der Waals surface area contributed by atoms with E-state index in [1.807, 2.05) is 37.3 Å². The lowest BCUT2D eigenvalue weighted by atomic mass is 9.96. The normalized spacial score (nSPS) is 16.1. The number of carbonyl (C=O) groups excluding carboxylic acids is 1. The lowest BCUT2D eigenvalue weighted by Gasteiger charge is -2.21. The van der Waals surface area contributed by atoms with E-state index in [0.717, 1.165) is 45.9 Å². The van der Waals surface area contributed by atoms with Crippen LogP contribution in [0.3, 0.4) is 0 Å². The zero-order valence-corrected chi connectivity index (χ0v) is 28.2. The number of nitrogens with zero attached hydrogens (tertiary/aromatic N) is 2. The van der Waals surface area contributed by atoms with Gasteiger partial charge >= 0.3 is 5.97 Å². The molecular weight excluding hydrogens is 666 g/mol. The summed E-state index contributed by atoms with van der Waals surface area (Å²) in [5, 5.41) is 31.2. The fourth-order valence-electron chi connectivity index (χ4n) is 5.94. The van der Waals surface area contributed by atoms with Crippen molar-refractivity contribution in [2.24, 2.45) is 0 Å². The molecule has 1 aromatic heterocycles. The van der Waals surface area contributed by atoms with Crippen LogP contribution in [-0.4, -0.2) is 82.1 Å². The molecule has 262 valence electrons. The third-order valence-electron chi connectivity index (χ3n) is 8.68. The van der Waals surface area contributed by atoms with Crippen molar-refractivity contribution in [1.29, 1.82) is 0 Å². The summed E-state index contributed by atoms with van der Waals surface area (Å²) in [5.74, 6) is 0.340. The Morgan fingerprint density at radius 1 is 1.02 bits per heavy atom. The fourth-order valence-corrected chi connectivity index (χ4v) is 6.18. The number of carbonyl (C=O) groups is 2. The third-order valence-corrected chi connectivity index (χ3v) is 8.97. The Bertz CT molecular complexity index is 1870. The van der Waals surface area contributed by atoms with E-state index in [1.165, 1.54) is 6.20 Å². The minimum atomic E-state index is -1.44. The summed E-state index contributed by atoms with van der Waals surface area (Å²) in [7, 11) is 0. The molecule has 0 bridgehead atoms. The van der Waals surface area contributed by atoms with Crippen LogP contribution in [0, 0.1) is 6.92 Å². The number of benzene rings is 3. The number of aliphatic carboxylic acids is 1. The molecule has 2 aliphatic rings. The van der Waals surface area contributed by atoms with Gasteiger partial charge in [-0.15, -0.1) is 0 Å². The van der Waals surface area contributed by atoms with Gasteiger partial charge in [-0.1, -0.05) is 35.9 Å². The highest BCUT2D eigenvalue weighted by atomic mass is 35.5. The number of likely N-dealkylation sites (tertiary alicyclic amines) is 1. The molecule has 4 N–H and O–H groups in total. The van der Waals surface area contributed by atoms with Crippen molar-refractivity contribution in [3.63, 3.8) is 0 Å². The van der Waals surface area contributed by atoms with Crippen LogP contribution in [0.25, 0.3) is 11.1 Å². The number of β-amino-alcohol motifs (C(OH)–C–C–N with tert-alkyl or cyclic N) is 1. The highest BCUT2D eigenvalue weighted by Crippen LogP contribution is 2.38. The van der Waals surface area contributed by atoms with Gasteiger partial charge in [0.1, 0.15) is 37.9 Å². The molecule has 0 spiro atoms. The minimum Gasteiger partial charge on any atom is -0.488 e. The number of aliphatic hydroxyl groups is 2. The van der Waals surface area contributed by atoms with Crippen LogP contribution in [0.15, 0.2) is 67.0 Å². The minimum absolute atomic E-state index is 0.0316. The summed E-state index contributed by atoms with van der Waals surface area (Å²) >= 11 is 6.78. The van der Waals surface area contributed by atoms with Crippen LogP contribution in [0.5, 0.6) is 23.0 Å². The van der Waals surface area contributed by atoms with Gasteiger partial charge in [-0.2, -0.15) is 0 Å². The first kappa shape index (κ1) is 35.0. The number of carboxylic acids is 1. The maximum Gasteiger partial charge on any atom is 0.328 e. The Morgan fingerprint density at radius 3 is 2.58 bits per heavy atom. The molecular formula is C37H38ClN3O9. The van der Waals surface area contributed by atoms with Gasteiger partial charge in [-0.05, 0) is 59.9 Å². The number of carboxylic acid groups (broad SMARTS) is 1. The van der Waals surface area contributed by atoms with Crippen molar-refractivity contribution in [1.82, 2.24) is 15.2 Å². The molecule has 13 heteroatoms. The molecule has 1 amide bonds. The monoisotopic (exact) mass is 703 g/mol. The number of hydrogen-bond donors (Lipinski definition) is 4. The summed E-state index contributed by atoms with van der Waals surface area (Å²) in [6, 6.07) is 15.6. The Kier molecular flexibility index (Phi) is 11.0. The summed E-state index contributed by atoms with van der Waals surface area (Å²) in [5.41, 5.74) is 5.53. The summed E-state index contributed by atoms with van der Waals surface area (Å²) in [6.45, 7) is 4.35. The Labute approximate surface area is 294 Å². The van der Waals surface area contributed by atoms with Gasteiger partial charge in [-0.25, -0.2) is 4.79 Å². The van der Waals surface area contributed by atoms with E-state index >= 15 is 0 Å². The van der Waals surface area contributed by atoms with E-state index in [2.05, 4.69) is 21.3 Å². The number of rotatable bonds is 13. The van der Waals surface area contributed by atoms with Crippen LogP contribution in [0.4, 0.5) is 0 Å². The average molecular weight is 704 g/mol. The number of amides is 1. The molecule has 1 saturated heterocycles. The van der Waals surface area contributed by atoms with Crippen LogP contribution in [0.1, 0.15) is 39.0 Å². The largest absolute Gasteiger partial charge is 0.488 e. The third kappa shape index (κ3) is 8.28. The summed E-state index contributed by atoms with van der Waals surface area (Å²) < 4.78 is 24.0. The molecule has 4 aromatic rings. The molecule has 0 radical (unpaired) electrons.